The van der Waals surface area contributed by atoms with E-state index in [4.69, 9.17) is 0 Å². The second kappa shape index (κ2) is 9.39. The average Bonchev–Trinajstić information content (AvgIpc) is 2.64. The van der Waals surface area contributed by atoms with Crippen LogP contribution in [0.3, 0.4) is 0 Å². The Balaban J connectivity index is 0.00000280. The number of carbonyl (C=O) groups excluding carboxylic acids is 1. The van der Waals surface area contributed by atoms with Gasteiger partial charge in [0.1, 0.15) is 5.56 Å². The third kappa shape index (κ3) is 5.14. The highest BCUT2D eigenvalue weighted by Crippen LogP contribution is 2.14. The minimum Gasteiger partial charge on any atom is -0.336 e. The number of piperidine rings is 1. The Morgan fingerprint density at radius 3 is 2.50 bits per heavy atom. The first-order chi connectivity index (χ1) is 12.8. The maximum absolute atomic E-state index is 13.0. The number of amides is 1. The Morgan fingerprint density at radius 1 is 1.25 bits per heavy atom. The molecule has 0 aliphatic carbocycles. The van der Waals surface area contributed by atoms with Crippen molar-refractivity contribution in [2.75, 3.05) is 45.5 Å². The van der Waals surface area contributed by atoms with Crippen LogP contribution in [-0.4, -0.2) is 73.6 Å². The standard InChI is InChI=1S/C18H28N4O4S.ClH/c1-14-5-7-21(13-15-4-3-6-19-12-15)18(24)16(14)17(23)20-8-10-22(11-9-20)27(2,25)26;/h5,7,15,19H,3-4,6,8-13H2,1-2H3;1H. The van der Waals surface area contributed by atoms with E-state index in [-0.39, 0.29) is 42.5 Å². The van der Waals surface area contributed by atoms with Crippen LogP contribution in [0.5, 0.6) is 0 Å². The number of halogens is 1. The van der Waals surface area contributed by atoms with Gasteiger partial charge in [0.05, 0.1) is 6.26 Å². The smallest absolute Gasteiger partial charge is 0.263 e. The lowest BCUT2D eigenvalue weighted by Crippen LogP contribution is -2.51. The lowest BCUT2D eigenvalue weighted by atomic mass is 9.99. The topological polar surface area (TPSA) is 91.7 Å². The van der Waals surface area contributed by atoms with Crippen LogP contribution in [0.4, 0.5) is 0 Å². The molecule has 2 saturated heterocycles. The summed E-state index contributed by atoms with van der Waals surface area (Å²) < 4.78 is 26.3. The molecular formula is C18H29ClN4O4S. The van der Waals surface area contributed by atoms with Crippen LogP contribution in [0, 0.1) is 12.8 Å². The van der Waals surface area contributed by atoms with E-state index in [1.807, 2.05) is 6.07 Å². The zero-order valence-electron chi connectivity index (χ0n) is 16.4. The van der Waals surface area contributed by atoms with E-state index in [0.717, 1.165) is 25.9 Å². The van der Waals surface area contributed by atoms with Crippen molar-refractivity contribution >= 4 is 28.3 Å². The first kappa shape index (κ1) is 22.9. The fourth-order valence-electron chi connectivity index (χ4n) is 3.81. The van der Waals surface area contributed by atoms with E-state index in [2.05, 4.69) is 5.32 Å². The molecule has 2 aliphatic heterocycles. The number of rotatable bonds is 4. The Morgan fingerprint density at radius 2 is 1.93 bits per heavy atom. The molecular weight excluding hydrogens is 404 g/mol. The number of aryl methyl sites for hydroxylation is 1. The number of hydrogen-bond acceptors (Lipinski definition) is 5. The molecule has 0 spiro atoms. The van der Waals surface area contributed by atoms with Crippen LogP contribution in [0.1, 0.15) is 28.8 Å². The number of hydrogen-bond donors (Lipinski definition) is 1. The number of pyridine rings is 1. The van der Waals surface area contributed by atoms with Gasteiger partial charge >= 0.3 is 0 Å². The molecule has 0 aromatic carbocycles. The molecule has 158 valence electrons. The highest BCUT2D eigenvalue weighted by Gasteiger charge is 2.29. The van der Waals surface area contributed by atoms with Crippen molar-refractivity contribution in [2.24, 2.45) is 5.92 Å². The fraction of sp³-hybridized carbons (Fsp3) is 0.667. The molecule has 1 unspecified atom stereocenters. The summed E-state index contributed by atoms with van der Waals surface area (Å²) in [5.74, 6) is 0.0854. The van der Waals surface area contributed by atoms with E-state index in [9.17, 15) is 18.0 Å². The number of carbonyl (C=O) groups is 1. The van der Waals surface area contributed by atoms with Crippen LogP contribution in [-0.2, 0) is 16.6 Å². The van der Waals surface area contributed by atoms with E-state index in [1.54, 1.807) is 22.6 Å². The minimum absolute atomic E-state index is 0. The third-order valence-corrected chi connectivity index (χ3v) is 6.74. The number of aromatic nitrogens is 1. The highest BCUT2D eigenvalue weighted by atomic mass is 35.5. The molecule has 2 aliphatic rings. The Labute approximate surface area is 172 Å². The maximum atomic E-state index is 13.0. The quantitative estimate of drug-likeness (QED) is 0.738. The fourth-order valence-corrected chi connectivity index (χ4v) is 4.63. The van der Waals surface area contributed by atoms with Crippen molar-refractivity contribution in [3.8, 4) is 0 Å². The molecule has 10 heteroatoms. The first-order valence-electron chi connectivity index (χ1n) is 9.42. The van der Waals surface area contributed by atoms with Gasteiger partial charge in [-0.25, -0.2) is 8.42 Å². The maximum Gasteiger partial charge on any atom is 0.263 e. The SMILES string of the molecule is Cc1ccn(CC2CCCNC2)c(=O)c1C(=O)N1CCN(S(C)(=O)=O)CC1.Cl. The van der Waals surface area contributed by atoms with Gasteiger partial charge in [-0.2, -0.15) is 4.31 Å². The molecule has 0 bridgehead atoms. The molecule has 3 rings (SSSR count). The molecule has 1 aromatic rings. The predicted octanol–water partition coefficient (Wildman–Crippen LogP) is 0.296. The van der Waals surface area contributed by atoms with Crippen LogP contribution in [0.2, 0.25) is 0 Å². The summed E-state index contributed by atoms with van der Waals surface area (Å²) in [7, 11) is -3.26. The van der Waals surface area contributed by atoms with E-state index >= 15 is 0 Å². The monoisotopic (exact) mass is 432 g/mol. The van der Waals surface area contributed by atoms with Crippen LogP contribution >= 0.6 is 12.4 Å². The number of sulfonamides is 1. The Bertz CT molecular complexity index is 857. The van der Waals surface area contributed by atoms with Gasteiger partial charge in [-0.05, 0) is 50.4 Å². The van der Waals surface area contributed by atoms with E-state index in [0.29, 0.717) is 31.1 Å². The van der Waals surface area contributed by atoms with Gasteiger partial charge in [0, 0.05) is 38.9 Å². The van der Waals surface area contributed by atoms with Gasteiger partial charge in [-0.3, -0.25) is 9.59 Å². The van der Waals surface area contributed by atoms with Crippen LogP contribution < -0.4 is 10.9 Å². The summed E-state index contributed by atoms with van der Waals surface area (Å²) in [6.45, 7) is 5.40. The lowest BCUT2D eigenvalue weighted by molar-refractivity contribution is 0.0694. The number of nitrogens with one attached hydrogen (secondary N) is 1. The molecule has 1 atom stereocenters. The van der Waals surface area contributed by atoms with Crippen molar-refractivity contribution in [2.45, 2.75) is 26.3 Å². The van der Waals surface area contributed by atoms with Gasteiger partial charge in [-0.15, -0.1) is 12.4 Å². The van der Waals surface area contributed by atoms with Gasteiger partial charge in [0.15, 0.2) is 0 Å². The average molecular weight is 433 g/mol. The molecule has 8 nitrogen and oxygen atoms in total. The lowest BCUT2D eigenvalue weighted by Gasteiger charge is -2.33. The molecule has 1 aromatic heterocycles. The minimum atomic E-state index is -3.26. The summed E-state index contributed by atoms with van der Waals surface area (Å²) in [5.41, 5.74) is 0.610. The Hall–Kier alpha value is -1.42. The van der Waals surface area contributed by atoms with Crippen molar-refractivity contribution in [1.29, 1.82) is 0 Å². The van der Waals surface area contributed by atoms with Gasteiger partial charge < -0.3 is 14.8 Å². The van der Waals surface area contributed by atoms with Crippen LogP contribution in [0.25, 0.3) is 0 Å². The summed E-state index contributed by atoms with van der Waals surface area (Å²) in [4.78, 5) is 27.5. The Kier molecular flexibility index (Phi) is 7.66. The summed E-state index contributed by atoms with van der Waals surface area (Å²) in [5, 5.41) is 3.35. The van der Waals surface area contributed by atoms with Crippen molar-refractivity contribution in [1.82, 2.24) is 19.1 Å². The van der Waals surface area contributed by atoms with Gasteiger partial charge in [-0.1, -0.05) is 0 Å². The number of nitrogens with zero attached hydrogens (tertiary/aromatic N) is 3. The molecule has 1 N–H and O–H groups in total. The third-order valence-electron chi connectivity index (χ3n) is 5.44. The van der Waals surface area contributed by atoms with Crippen LogP contribution in [0.15, 0.2) is 17.1 Å². The van der Waals surface area contributed by atoms with E-state index < -0.39 is 10.0 Å². The highest BCUT2D eigenvalue weighted by molar-refractivity contribution is 7.88. The molecule has 2 fully saturated rings. The molecule has 0 saturated carbocycles. The predicted molar refractivity (Wildman–Crippen MR) is 111 cm³/mol. The molecule has 0 radical (unpaired) electrons. The van der Waals surface area contributed by atoms with Gasteiger partial charge in [0.25, 0.3) is 11.5 Å². The zero-order chi connectivity index (χ0) is 19.6. The second-order valence-corrected chi connectivity index (χ2v) is 9.48. The van der Waals surface area contributed by atoms with Crippen molar-refractivity contribution < 1.29 is 13.2 Å². The summed E-state index contributed by atoms with van der Waals surface area (Å²) >= 11 is 0. The zero-order valence-corrected chi connectivity index (χ0v) is 18.0. The van der Waals surface area contributed by atoms with Gasteiger partial charge in [0.2, 0.25) is 10.0 Å². The second-order valence-electron chi connectivity index (χ2n) is 7.50. The molecule has 28 heavy (non-hydrogen) atoms. The largest absolute Gasteiger partial charge is 0.336 e. The summed E-state index contributed by atoms with van der Waals surface area (Å²) in [6, 6.07) is 1.82. The van der Waals surface area contributed by atoms with Crippen molar-refractivity contribution in [3.05, 3.63) is 33.7 Å². The molecule has 1 amide bonds. The summed E-state index contributed by atoms with van der Waals surface area (Å²) in [6.07, 6.45) is 5.11. The number of piperazine rings is 1. The van der Waals surface area contributed by atoms with E-state index in [1.165, 1.54) is 10.6 Å². The molecule has 3 heterocycles. The van der Waals surface area contributed by atoms with Crippen molar-refractivity contribution in [3.63, 3.8) is 0 Å². The first-order valence-corrected chi connectivity index (χ1v) is 11.3. The normalized spacial score (nSPS) is 21.2.